The molecule has 0 aliphatic heterocycles. The van der Waals surface area contributed by atoms with Gasteiger partial charge in [-0.3, -0.25) is 9.59 Å². The third kappa shape index (κ3) is 5.43. The second kappa shape index (κ2) is 9.06. The zero-order valence-corrected chi connectivity index (χ0v) is 17.4. The predicted molar refractivity (Wildman–Crippen MR) is 114 cm³/mol. The highest BCUT2D eigenvalue weighted by molar-refractivity contribution is 7.89. The van der Waals surface area contributed by atoms with E-state index in [9.17, 15) is 18.0 Å². The van der Waals surface area contributed by atoms with Crippen LogP contribution >= 0.6 is 0 Å². The first-order valence-corrected chi connectivity index (χ1v) is 10.8. The first-order valence-electron chi connectivity index (χ1n) is 9.30. The Morgan fingerprint density at radius 3 is 2.33 bits per heavy atom. The summed E-state index contributed by atoms with van der Waals surface area (Å²) in [6.45, 7) is 2.76. The van der Waals surface area contributed by atoms with Crippen molar-refractivity contribution in [1.82, 2.24) is 4.72 Å². The number of aryl methyl sites for hydroxylation is 1. The standard InChI is InChI=1S/C22H22N2O5S/c1-15-7-10-19(11-8-15)24-22(26)16(2)29-21(25)14-23-30(27,28)20-12-9-17-5-3-4-6-18(17)13-20/h3-13,16,23H,14H2,1-2H3,(H,24,26)/t16-/m0/s1. The second-order valence-electron chi connectivity index (χ2n) is 6.82. The van der Waals surface area contributed by atoms with Crippen LogP contribution in [-0.4, -0.2) is 32.9 Å². The molecule has 0 aliphatic rings. The number of esters is 1. The molecule has 1 amide bonds. The van der Waals surface area contributed by atoms with Crippen molar-refractivity contribution in [2.24, 2.45) is 0 Å². The smallest absolute Gasteiger partial charge is 0.321 e. The van der Waals surface area contributed by atoms with Gasteiger partial charge >= 0.3 is 5.97 Å². The minimum Gasteiger partial charge on any atom is -0.452 e. The molecule has 0 aliphatic carbocycles. The third-order valence-electron chi connectivity index (χ3n) is 4.43. The van der Waals surface area contributed by atoms with Crippen LogP contribution in [-0.2, 0) is 24.3 Å². The van der Waals surface area contributed by atoms with Crippen molar-refractivity contribution in [2.45, 2.75) is 24.8 Å². The minimum absolute atomic E-state index is 0.0409. The Bertz CT molecular complexity index is 1170. The van der Waals surface area contributed by atoms with Crippen LogP contribution in [0.2, 0.25) is 0 Å². The summed E-state index contributed by atoms with van der Waals surface area (Å²) >= 11 is 0. The van der Waals surface area contributed by atoms with Gasteiger partial charge in [0.1, 0.15) is 6.54 Å². The van der Waals surface area contributed by atoms with Crippen molar-refractivity contribution in [2.75, 3.05) is 11.9 Å². The number of anilines is 1. The van der Waals surface area contributed by atoms with Gasteiger partial charge < -0.3 is 10.1 Å². The van der Waals surface area contributed by atoms with Crippen molar-refractivity contribution in [3.05, 3.63) is 72.3 Å². The molecule has 0 unspecified atom stereocenters. The summed E-state index contributed by atoms with van der Waals surface area (Å²) in [7, 11) is -3.91. The molecule has 7 nitrogen and oxygen atoms in total. The number of fused-ring (bicyclic) bond motifs is 1. The molecule has 3 aromatic carbocycles. The lowest BCUT2D eigenvalue weighted by atomic mass is 10.1. The lowest BCUT2D eigenvalue weighted by Crippen LogP contribution is -2.35. The summed E-state index contributed by atoms with van der Waals surface area (Å²) < 4.78 is 32.2. The number of rotatable bonds is 7. The number of hydrogen-bond acceptors (Lipinski definition) is 5. The number of nitrogens with one attached hydrogen (secondary N) is 2. The molecule has 3 rings (SSSR count). The van der Waals surface area contributed by atoms with Gasteiger partial charge in [0.05, 0.1) is 4.90 Å². The van der Waals surface area contributed by atoms with Crippen molar-refractivity contribution in [3.8, 4) is 0 Å². The van der Waals surface area contributed by atoms with Crippen LogP contribution in [0.5, 0.6) is 0 Å². The maximum Gasteiger partial charge on any atom is 0.321 e. The fraction of sp³-hybridized carbons (Fsp3) is 0.182. The van der Waals surface area contributed by atoms with Gasteiger partial charge in [-0.1, -0.05) is 48.0 Å². The highest BCUT2D eigenvalue weighted by Crippen LogP contribution is 2.18. The van der Waals surface area contributed by atoms with E-state index in [0.29, 0.717) is 5.69 Å². The Morgan fingerprint density at radius 2 is 1.63 bits per heavy atom. The number of hydrogen-bond donors (Lipinski definition) is 2. The van der Waals surface area contributed by atoms with Gasteiger partial charge in [-0.15, -0.1) is 0 Å². The summed E-state index contributed by atoms with van der Waals surface area (Å²) in [5.41, 5.74) is 1.62. The van der Waals surface area contributed by atoms with Gasteiger partial charge in [-0.2, -0.15) is 4.72 Å². The summed E-state index contributed by atoms with van der Waals surface area (Å²) in [6, 6.07) is 19.2. The zero-order valence-electron chi connectivity index (χ0n) is 16.6. The van der Waals surface area contributed by atoms with Crippen LogP contribution < -0.4 is 10.0 Å². The van der Waals surface area contributed by atoms with Crippen LogP contribution in [0.25, 0.3) is 10.8 Å². The van der Waals surface area contributed by atoms with Gasteiger partial charge in [0.2, 0.25) is 10.0 Å². The van der Waals surface area contributed by atoms with E-state index < -0.39 is 34.5 Å². The first-order chi connectivity index (χ1) is 14.2. The number of ether oxygens (including phenoxy) is 1. The number of sulfonamides is 1. The van der Waals surface area contributed by atoms with E-state index >= 15 is 0 Å². The lowest BCUT2D eigenvalue weighted by molar-refractivity contribution is -0.151. The van der Waals surface area contributed by atoms with Gasteiger partial charge in [0.25, 0.3) is 5.91 Å². The second-order valence-corrected chi connectivity index (χ2v) is 8.59. The molecule has 0 saturated carbocycles. The van der Waals surface area contributed by atoms with Gasteiger partial charge in [-0.25, -0.2) is 8.42 Å². The third-order valence-corrected chi connectivity index (χ3v) is 5.83. The molecule has 0 spiro atoms. The van der Waals surface area contributed by atoms with E-state index in [1.165, 1.54) is 19.1 Å². The van der Waals surface area contributed by atoms with Crippen molar-refractivity contribution < 1.29 is 22.7 Å². The molecule has 3 aromatic rings. The van der Waals surface area contributed by atoms with Crippen LogP contribution in [0.4, 0.5) is 5.69 Å². The molecule has 8 heteroatoms. The molecule has 0 radical (unpaired) electrons. The van der Waals surface area contributed by atoms with Crippen LogP contribution in [0.15, 0.2) is 71.6 Å². The van der Waals surface area contributed by atoms with E-state index in [1.54, 1.807) is 24.3 Å². The van der Waals surface area contributed by atoms with Gasteiger partial charge in [0.15, 0.2) is 6.10 Å². The SMILES string of the molecule is Cc1ccc(NC(=O)[C@H](C)OC(=O)CNS(=O)(=O)c2ccc3ccccc3c2)cc1. The van der Waals surface area contributed by atoms with Crippen LogP contribution in [0.3, 0.4) is 0 Å². The monoisotopic (exact) mass is 426 g/mol. The summed E-state index contributed by atoms with van der Waals surface area (Å²) in [5, 5.41) is 4.31. The summed E-state index contributed by atoms with van der Waals surface area (Å²) in [5.74, 6) is -1.37. The van der Waals surface area contributed by atoms with Crippen molar-refractivity contribution >= 4 is 38.4 Å². The average molecular weight is 426 g/mol. The largest absolute Gasteiger partial charge is 0.452 e. The maximum absolute atomic E-state index is 12.5. The number of carbonyl (C=O) groups excluding carboxylic acids is 2. The van der Waals surface area contributed by atoms with E-state index in [4.69, 9.17) is 4.74 Å². The Hall–Kier alpha value is -3.23. The molecule has 156 valence electrons. The highest BCUT2D eigenvalue weighted by atomic mass is 32.2. The van der Waals surface area contributed by atoms with Crippen LogP contribution in [0.1, 0.15) is 12.5 Å². The predicted octanol–water partition coefficient (Wildman–Crippen LogP) is 3.00. The topological polar surface area (TPSA) is 102 Å². The summed E-state index contributed by atoms with van der Waals surface area (Å²) in [4.78, 5) is 24.2. The minimum atomic E-state index is -3.91. The first kappa shape index (κ1) is 21.5. The molecule has 0 fully saturated rings. The van der Waals surface area contributed by atoms with E-state index in [2.05, 4.69) is 10.0 Å². The molecular weight excluding hydrogens is 404 g/mol. The quantitative estimate of drug-likeness (QED) is 0.566. The zero-order chi connectivity index (χ0) is 21.7. The lowest BCUT2D eigenvalue weighted by Gasteiger charge is -2.14. The van der Waals surface area contributed by atoms with Crippen molar-refractivity contribution in [3.63, 3.8) is 0 Å². The van der Waals surface area contributed by atoms with Crippen molar-refractivity contribution in [1.29, 1.82) is 0 Å². The fourth-order valence-corrected chi connectivity index (χ4v) is 3.75. The molecule has 2 N–H and O–H groups in total. The van der Waals surface area contributed by atoms with Gasteiger partial charge in [-0.05, 0) is 48.9 Å². The number of amides is 1. The van der Waals surface area contributed by atoms with E-state index in [0.717, 1.165) is 16.3 Å². The molecule has 0 aromatic heterocycles. The molecular formula is C22H22N2O5S. The molecule has 1 atom stereocenters. The Balaban J connectivity index is 1.55. The highest BCUT2D eigenvalue weighted by Gasteiger charge is 2.21. The van der Waals surface area contributed by atoms with E-state index in [1.807, 2.05) is 37.3 Å². The molecule has 30 heavy (non-hydrogen) atoms. The normalized spacial score (nSPS) is 12.3. The number of carbonyl (C=O) groups is 2. The van der Waals surface area contributed by atoms with E-state index in [-0.39, 0.29) is 4.90 Å². The molecule has 0 saturated heterocycles. The fourth-order valence-electron chi connectivity index (χ4n) is 2.74. The Morgan fingerprint density at radius 1 is 0.967 bits per heavy atom. The summed E-state index contributed by atoms with van der Waals surface area (Å²) in [6.07, 6.45) is -1.08. The average Bonchev–Trinajstić information content (AvgIpc) is 2.73. The van der Waals surface area contributed by atoms with Gasteiger partial charge in [0, 0.05) is 5.69 Å². The Kier molecular flexibility index (Phi) is 6.49. The maximum atomic E-state index is 12.5. The molecule has 0 heterocycles. The van der Waals surface area contributed by atoms with Crippen LogP contribution in [0, 0.1) is 6.92 Å². The Labute approximate surface area is 175 Å². The number of benzene rings is 3. The molecule has 0 bridgehead atoms.